The summed E-state index contributed by atoms with van der Waals surface area (Å²) >= 11 is 13.5. The molecule has 1 aromatic carbocycles. The summed E-state index contributed by atoms with van der Waals surface area (Å²) in [4.78, 5) is 9.36. The maximum absolute atomic E-state index is 11.1. The third-order valence-electron chi connectivity index (χ3n) is 4.10. The lowest BCUT2D eigenvalue weighted by Crippen LogP contribution is -2.23. The number of hydrogen-bond acceptors (Lipinski definition) is 5. The van der Waals surface area contributed by atoms with Crippen molar-refractivity contribution >= 4 is 34.5 Å². The van der Waals surface area contributed by atoms with Gasteiger partial charge < -0.3 is 10.2 Å². The van der Waals surface area contributed by atoms with Crippen LogP contribution in [-0.4, -0.2) is 20.2 Å². The van der Waals surface area contributed by atoms with E-state index in [4.69, 9.17) is 23.2 Å². The molecule has 0 saturated carbocycles. The van der Waals surface area contributed by atoms with Gasteiger partial charge in [0.15, 0.2) is 0 Å². The lowest BCUT2D eigenvalue weighted by atomic mass is 9.88. The summed E-state index contributed by atoms with van der Waals surface area (Å²) in [5.74, 6) is 0. The Balaban J connectivity index is 2.01. The molecule has 0 amide bonds. The molecule has 0 aliphatic heterocycles. The predicted octanol–water partition coefficient (Wildman–Crippen LogP) is 4.49. The first-order chi connectivity index (χ1) is 11.8. The second-order valence-corrected chi connectivity index (χ2v) is 7.95. The third kappa shape index (κ3) is 3.57. The van der Waals surface area contributed by atoms with Gasteiger partial charge in [-0.05, 0) is 37.6 Å². The average Bonchev–Trinajstić information content (AvgIpc) is 2.97. The van der Waals surface area contributed by atoms with E-state index in [9.17, 15) is 10.2 Å². The molecular weight excluding hydrogens is 379 g/mol. The maximum atomic E-state index is 11.1. The van der Waals surface area contributed by atoms with Crippen LogP contribution in [0.5, 0.6) is 0 Å². The number of benzene rings is 1. The van der Waals surface area contributed by atoms with E-state index in [-0.39, 0.29) is 5.15 Å². The van der Waals surface area contributed by atoms with Gasteiger partial charge in [0.2, 0.25) is 0 Å². The van der Waals surface area contributed by atoms with E-state index < -0.39 is 11.7 Å². The molecule has 25 heavy (non-hydrogen) atoms. The van der Waals surface area contributed by atoms with E-state index in [1.54, 1.807) is 31.2 Å². The molecule has 0 spiro atoms. The number of aryl methyl sites for hydroxylation is 1. The van der Waals surface area contributed by atoms with Gasteiger partial charge in [0.1, 0.15) is 23.2 Å². The summed E-state index contributed by atoms with van der Waals surface area (Å²) in [5, 5.41) is 22.5. The van der Waals surface area contributed by atoms with Crippen LogP contribution in [0.3, 0.4) is 0 Å². The van der Waals surface area contributed by atoms with Crippen molar-refractivity contribution < 1.29 is 10.2 Å². The van der Waals surface area contributed by atoms with Crippen LogP contribution in [0.2, 0.25) is 10.2 Å². The Hall–Kier alpha value is -1.50. The minimum Gasteiger partial charge on any atom is -0.383 e. The van der Waals surface area contributed by atoms with Crippen LogP contribution < -0.4 is 0 Å². The Bertz CT molecular complexity index is 912. The summed E-state index contributed by atoms with van der Waals surface area (Å²) in [6.07, 6.45) is 1.86. The summed E-state index contributed by atoms with van der Waals surface area (Å²) in [7, 11) is 0. The Morgan fingerprint density at radius 3 is 2.68 bits per heavy atom. The topological polar surface area (TPSA) is 66.2 Å². The van der Waals surface area contributed by atoms with E-state index in [2.05, 4.69) is 9.97 Å². The van der Waals surface area contributed by atoms with Crippen LogP contribution in [-0.2, 0) is 5.60 Å². The number of aromatic nitrogens is 2. The van der Waals surface area contributed by atoms with Gasteiger partial charge in [0.25, 0.3) is 0 Å². The first-order valence-electron chi connectivity index (χ1n) is 7.53. The molecule has 7 heteroatoms. The first kappa shape index (κ1) is 18.3. The van der Waals surface area contributed by atoms with E-state index >= 15 is 0 Å². The SMILES string of the molecule is Cc1sc(C(O)c2cncnc2Cl)cc1[C@](C)(O)c1cccc(Cl)c1. The number of nitrogens with zero attached hydrogens (tertiary/aromatic N) is 2. The van der Waals surface area contributed by atoms with Gasteiger partial charge >= 0.3 is 0 Å². The molecule has 2 aromatic heterocycles. The number of thiophene rings is 1. The molecule has 3 rings (SSSR count). The van der Waals surface area contributed by atoms with Crippen molar-refractivity contribution in [3.63, 3.8) is 0 Å². The largest absolute Gasteiger partial charge is 0.383 e. The van der Waals surface area contributed by atoms with E-state index in [0.717, 1.165) is 4.88 Å². The van der Waals surface area contributed by atoms with Crippen LogP contribution in [0.1, 0.15) is 39.5 Å². The van der Waals surface area contributed by atoms with Crippen molar-refractivity contribution in [1.82, 2.24) is 9.97 Å². The van der Waals surface area contributed by atoms with Crippen LogP contribution in [0.25, 0.3) is 0 Å². The van der Waals surface area contributed by atoms with E-state index in [1.807, 2.05) is 13.0 Å². The molecule has 2 atom stereocenters. The highest BCUT2D eigenvalue weighted by molar-refractivity contribution is 7.12. The quantitative estimate of drug-likeness (QED) is 0.639. The third-order valence-corrected chi connectivity index (χ3v) is 5.76. The fourth-order valence-corrected chi connectivity index (χ4v) is 4.25. The van der Waals surface area contributed by atoms with Crippen molar-refractivity contribution in [3.8, 4) is 0 Å². The zero-order chi connectivity index (χ0) is 18.2. The molecular formula is C18H16Cl2N2O2S. The standard InChI is InChI=1S/C18H16Cl2N2O2S/c1-10-14(18(2,24)11-4-3-5-12(19)6-11)7-15(25-10)16(23)13-8-21-9-22-17(13)20/h3-9,16,23-24H,1-2H3/t16?,18-/m1/s1. The summed E-state index contributed by atoms with van der Waals surface area (Å²) in [5.41, 5.74) is 0.588. The molecule has 0 fully saturated rings. The van der Waals surface area contributed by atoms with Crippen LogP contribution >= 0.6 is 34.5 Å². The fraction of sp³-hybridized carbons (Fsp3) is 0.222. The number of aliphatic hydroxyl groups excluding tert-OH is 1. The zero-order valence-corrected chi connectivity index (χ0v) is 15.9. The minimum absolute atomic E-state index is 0.205. The molecule has 0 saturated heterocycles. The molecule has 2 N–H and O–H groups in total. The summed E-state index contributed by atoms with van der Waals surface area (Å²) < 4.78 is 0. The van der Waals surface area contributed by atoms with Crippen molar-refractivity contribution in [1.29, 1.82) is 0 Å². The molecule has 3 aromatic rings. The highest BCUT2D eigenvalue weighted by atomic mass is 35.5. The van der Waals surface area contributed by atoms with Gasteiger partial charge in [-0.25, -0.2) is 9.97 Å². The van der Waals surface area contributed by atoms with Gasteiger partial charge in [-0.1, -0.05) is 35.3 Å². The fourth-order valence-electron chi connectivity index (χ4n) is 2.73. The normalized spacial score (nSPS) is 15.0. The molecule has 0 bridgehead atoms. The smallest absolute Gasteiger partial charge is 0.138 e. The molecule has 1 unspecified atom stereocenters. The van der Waals surface area contributed by atoms with E-state index in [0.29, 0.717) is 26.6 Å². The van der Waals surface area contributed by atoms with Crippen molar-refractivity contribution in [2.24, 2.45) is 0 Å². The highest BCUT2D eigenvalue weighted by Crippen LogP contribution is 2.40. The monoisotopic (exact) mass is 394 g/mol. The molecule has 0 radical (unpaired) electrons. The number of halogens is 2. The second kappa shape index (κ2) is 7.02. The maximum Gasteiger partial charge on any atom is 0.138 e. The Labute approximate surface area is 159 Å². The van der Waals surface area contributed by atoms with Crippen molar-refractivity contribution in [2.45, 2.75) is 25.6 Å². The number of aliphatic hydroxyl groups is 2. The lowest BCUT2D eigenvalue weighted by Gasteiger charge is -2.24. The number of hydrogen-bond donors (Lipinski definition) is 2. The predicted molar refractivity (Wildman–Crippen MR) is 100 cm³/mol. The van der Waals surface area contributed by atoms with Crippen molar-refractivity contribution in [2.75, 3.05) is 0 Å². The van der Waals surface area contributed by atoms with Gasteiger partial charge in [-0.15, -0.1) is 11.3 Å². The summed E-state index contributed by atoms with van der Waals surface area (Å²) in [6, 6.07) is 8.89. The van der Waals surface area contributed by atoms with Crippen LogP contribution in [0.15, 0.2) is 42.9 Å². The Morgan fingerprint density at radius 2 is 2.00 bits per heavy atom. The van der Waals surface area contributed by atoms with Crippen LogP contribution in [0, 0.1) is 6.92 Å². The average molecular weight is 395 g/mol. The zero-order valence-electron chi connectivity index (χ0n) is 13.6. The molecule has 130 valence electrons. The molecule has 0 aliphatic carbocycles. The van der Waals surface area contributed by atoms with Gasteiger partial charge in [-0.2, -0.15) is 0 Å². The molecule has 0 aliphatic rings. The highest BCUT2D eigenvalue weighted by Gasteiger charge is 2.31. The second-order valence-electron chi connectivity index (χ2n) is 5.87. The van der Waals surface area contributed by atoms with Gasteiger partial charge in [0.05, 0.1) is 0 Å². The van der Waals surface area contributed by atoms with E-state index in [1.165, 1.54) is 23.9 Å². The Morgan fingerprint density at radius 1 is 1.24 bits per heavy atom. The molecule has 2 heterocycles. The molecule has 4 nitrogen and oxygen atoms in total. The first-order valence-corrected chi connectivity index (χ1v) is 9.10. The van der Waals surface area contributed by atoms with Gasteiger partial charge in [-0.3, -0.25) is 0 Å². The van der Waals surface area contributed by atoms with Crippen LogP contribution in [0.4, 0.5) is 0 Å². The van der Waals surface area contributed by atoms with Gasteiger partial charge in [0, 0.05) is 32.1 Å². The van der Waals surface area contributed by atoms with Crippen molar-refractivity contribution in [3.05, 3.63) is 79.5 Å². The minimum atomic E-state index is -1.24. The summed E-state index contributed by atoms with van der Waals surface area (Å²) in [6.45, 7) is 3.61. The number of rotatable bonds is 4. The Kier molecular flexibility index (Phi) is 5.14. The lowest BCUT2D eigenvalue weighted by molar-refractivity contribution is 0.102.